The van der Waals surface area contributed by atoms with Crippen molar-refractivity contribution in [2.24, 2.45) is 0 Å². The highest BCUT2D eigenvalue weighted by molar-refractivity contribution is 5.77. The number of aliphatic hydroxyl groups excluding tert-OH is 11. The van der Waals surface area contributed by atoms with Gasteiger partial charge in [-0.1, -0.05) is 0 Å². The number of carbonyl (C=O) groups excluding carboxylic acids is 3. The largest absolute Gasteiger partial charge is 0.477 e. The van der Waals surface area contributed by atoms with Crippen LogP contribution in [0.2, 0.25) is 0 Å². The quantitative estimate of drug-likeness (QED) is 0.0727. The lowest BCUT2D eigenvalue weighted by Crippen LogP contribution is -2.72. The molecule has 4 rings (SSSR count). The molecule has 26 nitrogen and oxygen atoms in total. The maximum absolute atomic E-state index is 12.9. The lowest BCUT2D eigenvalue weighted by molar-refractivity contribution is -0.378. The molecule has 0 radical (unpaired) electrons. The van der Waals surface area contributed by atoms with Crippen LogP contribution in [0.25, 0.3) is 0 Å². The molecule has 0 aliphatic carbocycles. The van der Waals surface area contributed by atoms with Crippen LogP contribution in [0.1, 0.15) is 34.1 Å². The van der Waals surface area contributed by atoms with E-state index in [2.05, 4.69) is 16.0 Å². The second kappa shape index (κ2) is 20.4. The molecule has 0 spiro atoms. The van der Waals surface area contributed by atoms with E-state index >= 15 is 0 Å². The van der Waals surface area contributed by atoms with Crippen LogP contribution in [-0.2, 0) is 52.3 Å². The van der Waals surface area contributed by atoms with E-state index in [0.29, 0.717) is 0 Å². The van der Waals surface area contributed by atoms with Gasteiger partial charge in [0.2, 0.25) is 17.7 Å². The molecule has 26 heteroatoms. The topological polar surface area (TPSA) is 412 Å². The van der Waals surface area contributed by atoms with Crippen LogP contribution in [0.15, 0.2) is 0 Å². The molecule has 0 aromatic rings. The number of amides is 3. The number of hydrogen-bond donors (Lipinski definition) is 15. The summed E-state index contributed by atoms with van der Waals surface area (Å²) in [6.07, 6.45) is -32.3. The number of nitrogens with one attached hydrogen (secondary N) is 3. The van der Waals surface area contributed by atoms with E-state index in [1.165, 1.54) is 6.92 Å². The van der Waals surface area contributed by atoms with Gasteiger partial charge in [0.25, 0.3) is 5.79 Å². The monoisotopic (exact) mass is 861 g/mol. The highest BCUT2D eigenvalue weighted by atomic mass is 16.8. The third-order valence-corrected chi connectivity index (χ3v) is 10.3. The van der Waals surface area contributed by atoms with Crippen LogP contribution >= 0.6 is 0 Å². The molecule has 15 N–H and O–H groups in total. The van der Waals surface area contributed by atoms with Crippen LogP contribution in [0, 0.1) is 0 Å². The summed E-state index contributed by atoms with van der Waals surface area (Å²) in [6.45, 7) is 1.28. The molecule has 21 atom stereocenters. The number of carbonyl (C=O) groups is 4. The average Bonchev–Trinajstić information content (AvgIpc) is 3.17. The molecule has 1 unspecified atom stereocenters. The SMILES string of the molecule is CC(=O)N[C@H]1[C@H](O[C@H]2[C@H](O[C@@H]3O[C@@H](C)[C@@H](O)[C@@H](O)[C@@H]3O)[C@@H](NC(C)=O)C(O)O[C@@H]2CO)O[C@H](CO)[C@@H](O[C@]2(C(=O)O)C[C@H](O)[C@@H](NC(C)=O)[C@H]([C@H](O)[C@H](O)CO)O2)[C@@H]1O. The van der Waals surface area contributed by atoms with Crippen molar-refractivity contribution in [3.8, 4) is 0 Å². The first-order valence-corrected chi connectivity index (χ1v) is 18.6. The molecule has 4 heterocycles. The zero-order valence-electron chi connectivity index (χ0n) is 32.2. The lowest BCUT2D eigenvalue weighted by atomic mass is 9.88. The van der Waals surface area contributed by atoms with E-state index < -0.39 is 178 Å². The Morgan fingerprint density at radius 1 is 0.695 bits per heavy atom. The normalized spacial score (nSPS) is 43.8. The number of aliphatic hydroxyl groups is 11. The molecule has 4 aliphatic rings. The third-order valence-electron chi connectivity index (χ3n) is 10.3. The summed E-state index contributed by atoms with van der Waals surface area (Å²) in [7, 11) is 0. The second-order valence-electron chi connectivity index (χ2n) is 14.8. The molecule has 0 saturated carbocycles. The highest BCUT2D eigenvalue weighted by Crippen LogP contribution is 2.39. The van der Waals surface area contributed by atoms with Crippen molar-refractivity contribution >= 4 is 23.7 Å². The van der Waals surface area contributed by atoms with Gasteiger partial charge in [-0.25, -0.2) is 4.79 Å². The van der Waals surface area contributed by atoms with Gasteiger partial charge in [0.15, 0.2) is 18.9 Å². The molecular weight excluding hydrogens is 806 g/mol. The van der Waals surface area contributed by atoms with Crippen molar-refractivity contribution in [1.29, 1.82) is 0 Å². The fraction of sp³-hybridized carbons (Fsp3) is 0.879. The van der Waals surface area contributed by atoms with Gasteiger partial charge in [0.05, 0.1) is 38.1 Å². The van der Waals surface area contributed by atoms with Gasteiger partial charge in [-0.05, 0) is 6.92 Å². The van der Waals surface area contributed by atoms with Crippen LogP contribution in [0.4, 0.5) is 0 Å². The average molecular weight is 862 g/mol. The van der Waals surface area contributed by atoms with Gasteiger partial charge in [-0.3, -0.25) is 14.4 Å². The lowest BCUT2D eigenvalue weighted by Gasteiger charge is -2.52. The molecule has 4 saturated heterocycles. The molecule has 0 aromatic heterocycles. The van der Waals surface area contributed by atoms with Gasteiger partial charge >= 0.3 is 5.97 Å². The predicted molar refractivity (Wildman–Crippen MR) is 184 cm³/mol. The molecular formula is C33H55N3O23. The summed E-state index contributed by atoms with van der Waals surface area (Å²) >= 11 is 0. The van der Waals surface area contributed by atoms with E-state index in [9.17, 15) is 80.5 Å². The van der Waals surface area contributed by atoms with E-state index in [0.717, 1.165) is 20.8 Å². The molecule has 4 aliphatic heterocycles. The Morgan fingerprint density at radius 2 is 1.24 bits per heavy atom. The fourth-order valence-corrected chi connectivity index (χ4v) is 7.40. The molecule has 59 heavy (non-hydrogen) atoms. The second-order valence-corrected chi connectivity index (χ2v) is 14.8. The summed E-state index contributed by atoms with van der Waals surface area (Å²) in [6, 6.07) is -5.01. The molecule has 3 amide bonds. The number of aliphatic carboxylic acids is 1. The fourth-order valence-electron chi connectivity index (χ4n) is 7.40. The Bertz CT molecular complexity index is 1450. The Hall–Kier alpha value is -2.84. The zero-order valence-corrected chi connectivity index (χ0v) is 32.2. The summed E-state index contributed by atoms with van der Waals surface area (Å²) in [5, 5.41) is 134. The summed E-state index contributed by atoms with van der Waals surface area (Å²) in [5.41, 5.74) is 0. The molecule has 340 valence electrons. The Kier molecular flexibility index (Phi) is 16.8. The van der Waals surface area contributed by atoms with E-state index in [4.69, 9.17) is 33.2 Å². The van der Waals surface area contributed by atoms with Gasteiger partial charge < -0.3 is 110 Å². The minimum Gasteiger partial charge on any atom is -0.477 e. The maximum atomic E-state index is 12.9. The Balaban J connectivity index is 1.72. The Labute approximate surface area is 335 Å². The van der Waals surface area contributed by atoms with Crippen LogP contribution in [-0.4, -0.2) is 233 Å². The molecule has 4 fully saturated rings. The zero-order chi connectivity index (χ0) is 44.3. The van der Waals surface area contributed by atoms with Gasteiger partial charge in [-0.2, -0.15) is 0 Å². The first kappa shape index (κ1) is 48.8. The van der Waals surface area contributed by atoms with Gasteiger partial charge in [0, 0.05) is 27.2 Å². The van der Waals surface area contributed by atoms with Crippen molar-refractivity contribution in [3.63, 3.8) is 0 Å². The van der Waals surface area contributed by atoms with Gasteiger partial charge in [-0.15, -0.1) is 0 Å². The maximum Gasteiger partial charge on any atom is 0.364 e. The standard InChI is InChI=1S/C33H55N3O23/c1-9-20(45)23(48)24(49)31(53-9)57-28-19(36-12(4)42)29(50)54-16(8-39)26(28)56-30-18(35-11(3)41)22(47)25(15(7-38)55-30)58-33(32(51)52)5-13(43)17(34-10(2)40)27(59-33)21(46)14(44)6-37/h9,13-31,37-39,43-50H,5-8H2,1-4H3,(H,34,40)(H,35,41)(H,36,42)(H,51,52)/t9-,13-,14+,15+,16+,17+,18+,19+,20+,21+,22+,23+,24-,25+,26+,27+,28+,29?,30-,31-,33+/m0/s1. The first-order valence-electron chi connectivity index (χ1n) is 18.6. The number of carboxylic acid groups (broad SMARTS) is 1. The van der Waals surface area contributed by atoms with Crippen molar-refractivity contribution in [3.05, 3.63) is 0 Å². The third kappa shape index (κ3) is 10.8. The van der Waals surface area contributed by atoms with Crippen molar-refractivity contribution < 1.29 is 114 Å². The first-order chi connectivity index (χ1) is 27.6. The summed E-state index contributed by atoms with van der Waals surface area (Å²) in [5.74, 6) is -7.44. The van der Waals surface area contributed by atoms with Crippen LogP contribution in [0.3, 0.4) is 0 Å². The van der Waals surface area contributed by atoms with E-state index in [1.54, 1.807) is 0 Å². The van der Waals surface area contributed by atoms with Crippen molar-refractivity contribution in [1.82, 2.24) is 16.0 Å². The molecule has 0 bridgehead atoms. The Morgan fingerprint density at radius 3 is 1.78 bits per heavy atom. The van der Waals surface area contributed by atoms with Gasteiger partial charge in [0.1, 0.15) is 85.3 Å². The smallest absolute Gasteiger partial charge is 0.364 e. The van der Waals surface area contributed by atoms with Crippen LogP contribution in [0.5, 0.6) is 0 Å². The van der Waals surface area contributed by atoms with E-state index in [1.807, 2.05) is 0 Å². The predicted octanol–water partition coefficient (Wildman–Crippen LogP) is -9.08. The van der Waals surface area contributed by atoms with Crippen LogP contribution < -0.4 is 16.0 Å². The number of carboxylic acids is 1. The minimum atomic E-state index is -3.07. The highest BCUT2D eigenvalue weighted by Gasteiger charge is 2.60. The number of rotatable bonds is 15. The molecule has 0 aromatic carbocycles. The number of ether oxygens (including phenoxy) is 7. The van der Waals surface area contributed by atoms with Crippen molar-refractivity contribution in [2.45, 2.75) is 162 Å². The number of hydrogen-bond acceptors (Lipinski definition) is 22. The minimum absolute atomic E-state index is 0.756. The summed E-state index contributed by atoms with van der Waals surface area (Å²) in [4.78, 5) is 49.7. The summed E-state index contributed by atoms with van der Waals surface area (Å²) < 4.78 is 40.5. The van der Waals surface area contributed by atoms with Crippen molar-refractivity contribution in [2.75, 3.05) is 19.8 Å². The van der Waals surface area contributed by atoms with E-state index in [-0.39, 0.29) is 0 Å².